The molecule has 6 nitrogen and oxygen atoms in total. The molecule has 0 aromatic heterocycles. The van der Waals surface area contributed by atoms with Gasteiger partial charge in [0.1, 0.15) is 0 Å². The van der Waals surface area contributed by atoms with E-state index in [0.29, 0.717) is 30.2 Å². The van der Waals surface area contributed by atoms with Crippen LogP contribution in [0.2, 0.25) is 0 Å². The SMILES string of the molecule is CCCOc1ccc(/C=C/C(=O)N2CCCN(c3ccc(C#N)cc3)CC2)cc1OC. The Balaban J connectivity index is 1.60. The van der Waals surface area contributed by atoms with E-state index in [1.807, 2.05) is 53.4 Å². The molecule has 0 bridgehead atoms. The van der Waals surface area contributed by atoms with Crippen molar-refractivity contribution in [1.82, 2.24) is 4.90 Å². The van der Waals surface area contributed by atoms with E-state index >= 15 is 0 Å². The molecule has 1 aliphatic heterocycles. The molecule has 31 heavy (non-hydrogen) atoms. The van der Waals surface area contributed by atoms with Crippen molar-refractivity contribution in [3.8, 4) is 17.6 Å². The van der Waals surface area contributed by atoms with Crippen molar-refractivity contribution in [3.63, 3.8) is 0 Å². The van der Waals surface area contributed by atoms with Crippen LogP contribution in [0.15, 0.2) is 48.5 Å². The fraction of sp³-hybridized carbons (Fsp3) is 0.360. The first-order valence-corrected chi connectivity index (χ1v) is 10.7. The van der Waals surface area contributed by atoms with E-state index in [2.05, 4.69) is 17.9 Å². The lowest BCUT2D eigenvalue weighted by Crippen LogP contribution is -2.34. The fourth-order valence-electron chi connectivity index (χ4n) is 3.53. The van der Waals surface area contributed by atoms with E-state index in [9.17, 15) is 4.79 Å². The quantitative estimate of drug-likeness (QED) is 0.632. The first-order valence-electron chi connectivity index (χ1n) is 10.7. The molecule has 0 radical (unpaired) electrons. The van der Waals surface area contributed by atoms with E-state index in [0.717, 1.165) is 43.7 Å². The number of methoxy groups -OCH3 is 1. The zero-order valence-electron chi connectivity index (χ0n) is 18.2. The van der Waals surface area contributed by atoms with Crippen molar-refractivity contribution in [2.75, 3.05) is 44.8 Å². The van der Waals surface area contributed by atoms with Gasteiger partial charge < -0.3 is 19.3 Å². The Hall–Kier alpha value is -3.46. The predicted octanol–water partition coefficient (Wildman–Crippen LogP) is 4.11. The number of amides is 1. The minimum Gasteiger partial charge on any atom is -0.493 e. The van der Waals surface area contributed by atoms with Crippen LogP contribution in [-0.4, -0.2) is 50.7 Å². The lowest BCUT2D eigenvalue weighted by atomic mass is 10.2. The predicted molar refractivity (Wildman–Crippen MR) is 122 cm³/mol. The van der Waals surface area contributed by atoms with Crippen molar-refractivity contribution < 1.29 is 14.3 Å². The summed E-state index contributed by atoms with van der Waals surface area (Å²) in [5.41, 5.74) is 2.63. The number of ether oxygens (including phenoxy) is 2. The molecule has 0 unspecified atom stereocenters. The molecule has 0 saturated carbocycles. The monoisotopic (exact) mass is 419 g/mol. The van der Waals surface area contributed by atoms with Gasteiger partial charge in [-0.15, -0.1) is 0 Å². The number of carbonyl (C=O) groups is 1. The smallest absolute Gasteiger partial charge is 0.246 e. The number of nitriles is 1. The third kappa shape index (κ3) is 6.02. The molecular formula is C25H29N3O3. The van der Waals surface area contributed by atoms with Crippen LogP contribution in [0.5, 0.6) is 11.5 Å². The van der Waals surface area contributed by atoms with Gasteiger partial charge in [-0.3, -0.25) is 4.79 Å². The number of nitrogens with zero attached hydrogens (tertiary/aromatic N) is 3. The topological polar surface area (TPSA) is 65.8 Å². The van der Waals surface area contributed by atoms with Crippen molar-refractivity contribution >= 4 is 17.7 Å². The number of carbonyl (C=O) groups excluding carboxylic acids is 1. The Morgan fingerprint density at radius 3 is 2.61 bits per heavy atom. The van der Waals surface area contributed by atoms with Crippen molar-refractivity contribution in [1.29, 1.82) is 5.26 Å². The molecule has 162 valence electrons. The Morgan fingerprint density at radius 1 is 1.10 bits per heavy atom. The molecule has 1 aliphatic rings. The summed E-state index contributed by atoms with van der Waals surface area (Å²) in [6.45, 7) is 5.73. The van der Waals surface area contributed by atoms with Crippen LogP contribution in [0.4, 0.5) is 5.69 Å². The van der Waals surface area contributed by atoms with E-state index in [4.69, 9.17) is 14.7 Å². The first kappa shape index (κ1) is 22.2. The summed E-state index contributed by atoms with van der Waals surface area (Å²) < 4.78 is 11.1. The highest BCUT2D eigenvalue weighted by atomic mass is 16.5. The highest BCUT2D eigenvalue weighted by Crippen LogP contribution is 2.28. The van der Waals surface area contributed by atoms with Crippen molar-refractivity contribution in [3.05, 3.63) is 59.7 Å². The normalized spacial score (nSPS) is 14.2. The molecule has 0 spiro atoms. The molecule has 0 aliphatic carbocycles. The number of hydrogen-bond acceptors (Lipinski definition) is 5. The lowest BCUT2D eigenvalue weighted by molar-refractivity contribution is -0.125. The van der Waals surface area contributed by atoms with Crippen LogP contribution in [0.1, 0.15) is 30.9 Å². The zero-order valence-corrected chi connectivity index (χ0v) is 18.2. The highest BCUT2D eigenvalue weighted by molar-refractivity contribution is 5.92. The summed E-state index contributed by atoms with van der Waals surface area (Å²) in [5, 5.41) is 8.96. The maximum atomic E-state index is 12.7. The summed E-state index contributed by atoms with van der Waals surface area (Å²) >= 11 is 0. The zero-order chi connectivity index (χ0) is 22.1. The standard InChI is InChI=1S/C25H29N3O3/c1-3-17-31-23-11-7-20(18-24(23)30-2)8-12-25(29)28-14-4-13-27(15-16-28)22-9-5-21(19-26)6-10-22/h5-12,18H,3-4,13-17H2,1-2H3/b12-8+. The molecule has 6 heteroatoms. The molecule has 0 atom stereocenters. The van der Waals surface area contributed by atoms with E-state index in [1.165, 1.54) is 0 Å². The van der Waals surface area contributed by atoms with Gasteiger partial charge in [0.25, 0.3) is 0 Å². The van der Waals surface area contributed by atoms with Gasteiger partial charge >= 0.3 is 0 Å². The summed E-state index contributed by atoms with van der Waals surface area (Å²) in [5.74, 6) is 1.38. The van der Waals surface area contributed by atoms with Crippen LogP contribution < -0.4 is 14.4 Å². The largest absolute Gasteiger partial charge is 0.493 e. The minimum atomic E-state index is 0.00644. The molecule has 1 saturated heterocycles. The molecule has 1 amide bonds. The van der Waals surface area contributed by atoms with E-state index < -0.39 is 0 Å². The van der Waals surface area contributed by atoms with Gasteiger partial charge in [0, 0.05) is 37.9 Å². The summed E-state index contributed by atoms with van der Waals surface area (Å²) in [6.07, 6.45) is 5.27. The molecule has 1 fully saturated rings. The summed E-state index contributed by atoms with van der Waals surface area (Å²) in [4.78, 5) is 16.9. The minimum absolute atomic E-state index is 0.00644. The first-order chi connectivity index (χ1) is 15.1. The lowest BCUT2D eigenvalue weighted by Gasteiger charge is -2.23. The highest BCUT2D eigenvalue weighted by Gasteiger charge is 2.18. The van der Waals surface area contributed by atoms with Gasteiger partial charge in [-0.1, -0.05) is 13.0 Å². The van der Waals surface area contributed by atoms with Crippen LogP contribution >= 0.6 is 0 Å². The second-order valence-corrected chi connectivity index (χ2v) is 7.42. The molecule has 3 rings (SSSR count). The van der Waals surface area contributed by atoms with Gasteiger partial charge in [0.2, 0.25) is 5.91 Å². The van der Waals surface area contributed by atoms with Gasteiger partial charge in [-0.2, -0.15) is 5.26 Å². The van der Waals surface area contributed by atoms with Gasteiger partial charge in [-0.05, 0) is 60.9 Å². The van der Waals surface area contributed by atoms with Crippen LogP contribution in [-0.2, 0) is 4.79 Å². The number of benzene rings is 2. The second-order valence-electron chi connectivity index (χ2n) is 7.42. The molecular weight excluding hydrogens is 390 g/mol. The molecule has 1 heterocycles. The number of rotatable bonds is 7. The molecule has 0 N–H and O–H groups in total. The van der Waals surface area contributed by atoms with Crippen molar-refractivity contribution in [2.24, 2.45) is 0 Å². The maximum absolute atomic E-state index is 12.7. The molecule has 2 aromatic rings. The van der Waals surface area contributed by atoms with Crippen LogP contribution in [0.3, 0.4) is 0 Å². The van der Waals surface area contributed by atoms with Crippen molar-refractivity contribution in [2.45, 2.75) is 19.8 Å². The second kappa shape index (κ2) is 11.1. The summed E-state index contributed by atoms with van der Waals surface area (Å²) in [7, 11) is 1.61. The van der Waals surface area contributed by atoms with E-state index in [1.54, 1.807) is 13.2 Å². The van der Waals surface area contributed by atoms with Gasteiger partial charge in [0.05, 0.1) is 25.3 Å². The average molecular weight is 420 g/mol. The number of hydrogen-bond donors (Lipinski definition) is 0. The fourth-order valence-corrected chi connectivity index (χ4v) is 3.53. The van der Waals surface area contributed by atoms with Gasteiger partial charge in [0.15, 0.2) is 11.5 Å². The maximum Gasteiger partial charge on any atom is 0.246 e. The Kier molecular flexibility index (Phi) is 7.94. The Bertz CT molecular complexity index is 947. The van der Waals surface area contributed by atoms with Crippen LogP contribution in [0.25, 0.3) is 6.08 Å². The Morgan fingerprint density at radius 2 is 1.90 bits per heavy atom. The average Bonchev–Trinajstić information content (AvgIpc) is 3.08. The molecule has 2 aromatic carbocycles. The Labute approximate surface area is 184 Å². The number of anilines is 1. The van der Waals surface area contributed by atoms with E-state index in [-0.39, 0.29) is 5.91 Å². The third-order valence-electron chi connectivity index (χ3n) is 5.24. The van der Waals surface area contributed by atoms with Crippen LogP contribution in [0, 0.1) is 11.3 Å². The third-order valence-corrected chi connectivity index (χ3v) is 5.24. The van der Waals surface area contributed by atoms with Gasteiger partial charge in [-0.25, -0.2) is 0 Å². The summed E-state index contributed by atoms with van der Waals surface area (Å²) in [6, 6.07) is 15.4.